The van der Waals surface area contributed by atoms with Gasteiger partial charge in [-0.2, -0.15) is 5.10 Å². The highest BCUT2D eigenvalue weighted by Gasteiger charge is 2.17. The molecular formula is C17H22N4O2. The zero-order valence-corrected chi connectivity index (χ0v) is 13.4. The summed E-state index contributed by atoms with van der Waals surface area (Å²) < 4.78 is 2.98. The molecule has 0 aliphatic carbocycles. The van der Waals surface area contributed by atoms with Crippen molar-refractivity contribution < 1.29 is 4.79 Å². The Hall–Kier alpha value is -2.37. The van der Waals surface area contributed by atoms with Crippen molar-refractivity contribution >= 4 is 11.6 Å². The number of carbonyl (C=O) groups excluding carboxylic acids is 1. The van der Waals surface area contributed by atoms with Crippen molar-refractivity contribution in [1.82, 2.24) is 14.3 Å². The number of hydrogen-bond acceptors (Lipinski definition) is 3. The highest BCUT2D eigenvalue weighted by molar-refractivity contribution is 5.90. The van der Waals surface area contributed by atoms with Crippen LogP contribution in [0, 0.1) is 0 Å². The van der Waals surface area contributed by atoms with Gasteiger partial charge in [0.15, 0.2) is 0 Å². The number of aryl methyl sites for hydroxylation is 2. The van der Waals surface area contributed by atoms with Crippen LogP contribution in [-0.4, -0.2) is 20.3 Å². The first kappa shape index (κ1) is 15.5. The van der Waals surface area contributed by atoms with Gasteiger partial charge in [-0.3, -0.25) is 9.36 Å². The Labute approximate surface area is 135 Å². The molecule has 0 atom stereocenters. The monoisotopic (exact) mass is 314 g/mol. The summed E-state index contributed by atoms with van der Waals surface area (Å²) in [5, 5.41) is 7.17. The fourth-order valence-electron chi connectivity index (χ4n) is 2.93. The van der Waals surface area contributed by atoms with Crippen molar-refractivity contribution in [3.63, 3.8) is 0 Å². The van der Waals surface area contributed by atoms with E-state index in [1.165, 1.54) is 4.68 Å². The van der Waals surface area contributed by atoms with Gasteiger partial charge >= 0.3 is 5.69 Å². The Bertz CT molecular complexity index is 760. The van der Waals surface area contributed by atoms with Crippen molar-refractivity contribution in [3.05, 3.63) is 46.1 Å². The quantitative estimate of drug-likeness (QED) is 0.938. The highest BCUT2D eigenvalue weighted by atomic mass is 16.2. The van der Waals surface area contributed by atoms with E-state index < -0.39 is 0 Å². The third-order valence-corrected chi connectivity index (χ3v) is 4.19. The molecule has 1 aromatic heterocycles. The lowest BCUT2D eigenvalue weighted by Gasteiger charge is -2.06. The molecule has 122 valence electrons. The fourth-order valence-corrected chi connectivity index (χ4v) is 2.93. The molecule has 0 radical (unpaired) electrons. The van der Waals surface area contributed by atoms with Crippen molar-refractivity contribution in [2.75, 3.05) is 5.32 Å². The fraction of sp³-hybridized carbons (Fsp3) is 0.471. The first-order valence-electron chi connectivity index (χ1n) is 8.22. The van der Waals surface area contributed by atoms with Gasteiger partial charge in [0, 0.05) is 18.7 Å². The third-order valence-electron chi connectivity index (χ3n) is 4.19. The normalized spacial score (nSPS) is 14.1. The van der Waals surface area contributed by atoms with Crippen LogP contribution in [0.2, 0.25) is 0 Å². The number of rotatable bonds is 4. The predicted molar refractivity (Wildman–Crippen MR) is 88.5 cm³/mol. The molecule has 0 fully saturated rings. The van der Waals surface area contributed by atoms with Crippen LogP contribution in [-0.2, 0) is 30.7 Å². The molecule has 2 aromatic rings. The Morgan fingerprint density at radius 2 is 2.17 bits per heavy atom. The van der Waals surface area contributed by atoms with Crippen LogP contribution in [0.25, 0.3) is 0 Å². The second kappa shape index (κ2) is 6.81. The van der Waals surface area contributed by atoms with Gasteiger partial charge in [-0.25, -0.2) is 9.48 Å². The molecule has 0 saturated heterocycles. The Balaban J connectivity index is 1.72. The molecule has 0 bridgehead atoms. The van der Waals surface area contributed by atoms with Gasteiger partial charge in [0.05, 0.1) is 0 Å². The minimum atomic E-state index is -0.228. The molecule has 1 aliphatic heterocycles. The van der Waals surface area contributed by atoms with E-state index in [1.807, 2.05) is 24.3 Å². The molecule has 6 nitrogen and oxygen atoms in total. The van der Waals surface area contributed by atoms with Crippen LogP contribution < -0.4 is 11.0 Å². The Morgan fingerprint density at radius 3 is 3.00 bits per heavy atom. The molecule has 1 aliphatic rings. The molecule has 0 unspecified atom stereocenters. The number of nitrogens with one attached hydrogen (secondary N) is 1. The number of nitrogens with zero attached hydrogens (tertiary/aromatic N) is 3. The van der Waals surface area contributed by atoms with Crippen molar-refractivity contribution in [2.45, 2.75) is 52.1 Å². The topological polar surface area (TPSA) is 68.9 Å². The van der Waals surface area contributed by atoms with Gasteiger partial charge in [0.1, 0.15) is 12.4 Å². The van der Waals surface area contributed by atoms with Crippen LogP contribution in [0.4, 0.5) is 5.69 Å². The van der Waals surface area contributed by atoms with Crippen molar-refractivity contribution in [1.29, 1.82) is 0 Å². The molecule has 6 heteroatoms. The van der Waals surface area contributed by atoms with Gasteiger partial charge in [-0.05, 0) is 37.0 Å². The Kier molecular flexibility index (Phi) is 4.60. The van der Waals surface area contributed by atoms with Gasteiger partial charge in [-0.15, -0.1) is 0 Å². The van der Waals surface area contributed by atoms with E-state index in [9.17, 15) is 9.59 Å². The number of aromatic nitrogens is 3. The maximum atomic E-state index is 12.3. The number of fused-ring (bicyclic) bond motifs is 1. The first-order valence-corrected chi connectivity index (χ1v) is 8.22. The van der Waals surface area contributed by atoms with Crippen LogP contribution >= 0.6 is 0 Å². The van der Waals surface area contributed by atoms with Crippen LogP contribution in [0.5, 0.6) is 0 Å². The maximum absolute atomic E-state index is 12.3. The molecule has 2 heterocycles. The molecule has 1 aromatic carbocycles. The van der Waals surface area contributed by atoms with Crippen molar-refractivity contribution in [2.24, 2.45) is 0 Å². The molecule has 1 N–H and O–H groups in total. The van der Waals surface area contributed by atoms with E-state index in [0.717, 1.165) is 49.2 Å². The van der Waals surface area contributed by atoms with Gasteiger partial charge < -0.3 is 5.32 Å². The van der Waals surface area contributed by atoms with Gasteiger partial charge in [-0.1, -0.05) is 25.5 Å². The maximum Gasteiger partial charge on any atom is 0.346 e. The predicted octanol–water partition coefficient (Wildman–Crippen LogP) is 1.97. The molecule has 3 rings (SSSR count). The Morgan fingerprint density at radius 1 is 1.30 bits per heavy atom. The summed E-state index contributed by atoms with van der Waals surface area (Å²) in [5.41, 5.74) is 1.73. The summed E-state index contributed by atoms with van der Waals surface area (Å²) in [6, 6.07) is 7.73. The van der Waals surface area contributed by atoms with Crippen LogP contribution in [0.3, 0.4) is 0 Å². The first-order chi connectivity index (χ1) is 11.2. The van der Waals surface area contributed by atoms with E-state index in [-0.39, 0.29) is 18.1 Å². The number of anilines is 1. The lowest BCUT2D eigenvalue weighted by Crippen LogP contribution is -2.30. The van der Waals surface area contributed by atoms with E-state index >= 15 is 0 Å². The average Bonchev–Trinajstić information content (AvgIpc) is 2.73. The van der Waals surface area contributed by atoms with Gasteiger partial charge in [0.2, 0.25) is 5.91 Å². The van der Waals surface area contributed by atoms with E-state index in [1.54, 1.807) is 4.57 Å². The number of amides is 1. The summed E-state index contributed by atoms with van der Waals surface area (Å²) in [6.45, 7) is 2.72. The zero-order valence-electron chi connectivity index (χ0n) is 13.4. The highest BCUT2D eigenvalue weighted by Crippen LogP contribution is 2.12. The van der Waals surface area contributed by atoms with Crippen LogP contribution in [0.1, 0.15) is 37.6 Å². The second-order valence-electron chi connectivity index (χ2n) is 5.92. The number of benzene rings is 1. The minimum absolute atomic E-state index is 0.0464. The SMILES string of the molecule is CCc1cccc(NC(=O)Cn2nc3n(c2=O)CCCCC3)c1. The lowest BCUT2D eigenvalue weighted by atomic mass is 10.1. The van der Waals surface area contributed by atoms with Crippen molar-refractivity contribution in [3.8, 4) is 0 Å². The molecular weight excluding hydrogens is 292 g/mol. The van der Waals surface area contributed by atoms with E-state index in [2.05, 4.69) is 17.3 Å². The summed E-state index contributed by atoms with van der Waals surface area (Å²) in [6.07, 6.45) is 4.89. The van der Waals surface area contributed by atoms with Gasteiger partial charge in [0.25, 0.3) is 0 Å². The molecule has 0 saturated carbocycles. The van der Waals surface area contributed by atoms with Crippen LogP contribution in [0.15, 0.2) is 29.1 Å². The minimum Gasteiger partial charge on any atom is -0.324 e. The standard InChI is InChI=1S/C17H22N4O2/c1-2-13-7-6-8-14(11-13)18-16(22)12-21-17(23)20-10-5-3-4-9-15(20)19-21/h6-8,11H,2-5,9-10,12H2,1H3,(H,18,22). The van der Waals surface area contributed by atoms with E-state index in [0.29, 0.717) is 6.54 Å². The summed E-state index contributed by atoms with van der Waals surface area (Å²) in [4.78, 5) is 24.5. The molecule has 1 amide bonds. The second-order valence-corrected chi connectivity index (χ2v) is 5.92. The number of hydrogen-bond donors (Lipinski definition) is 1. The summed E-state index contributed by atoms with van der Waals surface area (Å²) in [7, 11) is 0. The molecule has 0 spiro atoms. The average molecular weight is 314 g/mol. The smallest absolute Gasteiger partial charge is 0.324 e. The third kappa shape index (κ3) is 3.52. The largest absolute Gasteiger partial charge is 0.346 e. The summed E-state index contributed by atoms with van der Waals surface area (Å²) in [5.74, 6) is 0.571. The summed E-state index contributed by atoms with van der Waals surface area (Å²) >= 11 is 0. The molecule has 23 heavy (non-hydrogen) atoms. The van der Waals surface area contributed by atoms with E-state index in [4.69, 9.17) is 0 Å². The number of carbonyl (C=O) groups is 1. The zero-order chi connectivity index (χ0) is 16.2. The lowest BCUT2D eigenvalue weighted by molar-refractivity contribution is -0.117.